The summed E-state index contributed by atoms with van der Waals surface area (Å²) in [5.41, 5.74) is 1.70. The minimum absolute atomic E-state index is 0.0168. The molecule has 1 aliphatic rings. The Kier molecular flexibility index (Phi) is 4.12. The van der Waals surface area contributed by atoms with Crippen LogP contribution in [0.15, 0.2) is 35.8 Å². The molecule has 1 aliphatic carbocycles. The number of urea groups is 1. The van der Waals surface area contributed by atoms with Gasteiger partial charge in [0.2, 0.25) is 0 Å². The van der Waals surface area contributed by atoms with E-state index in [9.17, 15) is 4.79 Å². The molecule has 2 N–H and O–H groups in total. The molecule has 0 unspecified atom stereocenters. The molecule has 110 valence electrons. The van der Waals surface area contributed by atoms with Gasteiger partial charge in [-0.2, -0.15) is 0 Å². The van der Waals surface area contributed by atoms with E-state index >= 15 is 0 Å². The zero-order valence-corrected chi connectivity index (χ0v) is 13.0. The van der Waals surface area contributed by atoms with Crippen molar-refractivity contribution in [2.45, 2.75) is 24.7 Å². The lowest BCUT2D eigenvalue weighted by Gasteiger charge is -2.41. The maximum absolute atomic E-state index is 12.0. The summed E-state index contributed by atoms with van der Waals surface area (Å²) in [5, 5.41) is 7.56. The van der Waals surface area contributed by atoms with Gasteiger partial charge in [-0.15, -0.1) is 11.3 Å². The number of carbonyl (C=O) groups excluding carboxylic acids is 1. The third-order valence-corrected chi connectivity index (χ3v) is 5.14. The maximum Gasteiger partial charge on any atom is 0.319 e. The van der Waals surface area contributed by atoms with Crippen molar-refractivity contribution in [3.8, 4) is 0 Å². The monoisotopic (exact) mass is 321 g/mol. The van der Waals surface area contributed by atoms with Crippen LogP contribution in [-0.2, 0) is 5.41 Å². The predicted molar refractivity (Wildman–Crippen MR) is 86.1 cm³/mol. The van der Waals surface area contributed by atoms with Crippen molar-refractivity contribution in [1.82, 2.24) is 10.3 Å². The molecular formula is C15H16ClN3OS. The van der Waals surface area contributed by atoms with Gasteiger partial charge in [0.15, 0.2) is 0 Å². The highest BCUT2D eigenvalue weighted by Crippen LogP contribution is 2.42. The van der Waals surface area contributed by atoms with Crippen LogP contribution in [0.4, 0.5) is 10.5 Å². The molecule has 0 radical (unpaired) electrons. The van der Waals surface area contributed by atoms with Gasteiger partial charge in [0.1, 0.15) is 4.34 Å². The molecule has 4 nitrogen and oxygen atoms in total. The number of hydrogen-bond donors (Lipinski definition) is 2. The summed E-state index contributed by atoms with van der Waals surface area (Å²) in [6.07, 6.45) is 5.10. The van der Waals surface area contributed by atoms with Crippen molar-refractivity contribution in [1.29, 1.82) is 0 Å². The number of halogens is 1. The summed E-state index contributed by atoms with van der Waals surface area (Å²) in [4.78, 5) is 16.4. The smallest absolute Gasteiger partial charge is 0.319 e. The zero-order valence-electron chi connectivity index (χ0n) is 11.4. The number of amides is 2. The molecular weight excluding hydrogens is 306 g/mol. The third-order valence-electron chi connectivity index (χ3n) is 3.97. The number of nitrogens with zero attached hydrogens (tertiary/aromatic N) is 1. The van der Waals surface area contributed by atoms with Crippen LogP contribution in [-0.4, -0.2) is 17.6 Å². The summed E-state index contributed by atoms with van der Waals surface area (Å²) in [6, 6.07) is 7.51. The summed E-state index contributed by atoms with van der Waals surface area (Å²) < 4.78 is 0.591. The van der Waals surface area contributed by atoms with E-state index in [1.807, 2.05) is 23.6 Å². The normalized spacial score (nSPS) is 16.0. The largest absolute Gasteiger partial charge is 0.337 e. The quantitative estimate of drug-likeness (QED) is 0.893. The van der Waals surface area contributed by atoms with Crippen LogP contribution in [0.2, 0.25) is 4.34 Å². The van der Waals surface area contributed by atoms with Gasteiger partial charge in [-0.1, -0.05) is 24.1 Å². The maximum atomic E-state index is 12.0. The number of anilines is 1. The number of nitrogens with one attached hydrogen (secondary N) is 2. The lowest BCUT2D eigenvalue weighted by Crippen LogP contribution is -2.47. The minimum Gasteiger partial charge on any atom is -0.337 e. The topological polar surface area (TPSA) is 54.0 Å². The van der Waals surface area contributed by atoms with E-state index in [2.05, 4.69) is 15.6 Å². The minimum atomic E-state index is -0.225. The Bertz CT molecular complexity index is 625. The van der Waals surface area contributed by atoms with Gasteiger partial charge in [0.05, 0.1) is 5.69 Å². The van der Waals surface area contributed by atoms with E-state index < -0.39 is 0 Å². The molecule has 2 heterocycles. The lowest BCUT2D eigenvalue weighted by atomic mass is 9.66. The molecule has 0 aromatic carbocycles. The van der Waals surface area contributed by atoms with Crippen LogP contribution in [0.5, 0.6) is 0 Å². The van der Waals surface area contributed by atoms with E-state index in [0.29, 0.717) is 16.6 Å². The average molecular weight is 322 g/mol. The molecule has 0 spiro atoms. The Morgan fingerprint density at radius 1 is 1.38 bits per heavy atom. The van der Waals surface area contributed by atoms with Gasteiger partial charge >= 0.3 is 6.03 Å². The second kappa shape index (κ2) is 6.03. The fourth-order valence-corrected chi connectivity index (χ4v) is 3.44. The van der Waals surface area contributed by atoms with E-state index in [0.717, 1.165) is 18.5 Å². The number of aromatic nitrogens is 1. The Morgan fingerprint density at radius 2 is 2.24 bits per heavy atom. The van der Waals surface area contributed by atoms with E-state index in [1.54, 1.807) is 12.3 Å². The van der Waals surface area contributed by atoms with E-state index in [4.69, 9.17) is 11.6 Å². The first-order valence-electron chi connectivity index (χ1n) is 6.89. The third kappa shape index (κ3) is 3.04. The first-order chi connectivity index (χ1) is 10.2. The Labute approximate surface area is 132 Å². The van der Waals surface area contributed by atoms with Crippen molar-refractivity contribution >= 4 is 34.7 Å². The lowest BCUT2D eigenvalue weighted by molar-refractivity contribution is 0.218. The van der Waals surface area contributed by atoms with Crippen LogP contribution >= 0.6 is 22.9 Å². The van der Waals surface area contributed by atoms with Crippen molar-refractivity contribution in [3.63, 3.8) is 0 Å². The van der Waals surface area contributed by atoms with Crippen LogP contribution in [0.1, 0.15) is 25.0 Å². The zero-order chi connectivity index (χ0) is 14.7. The predicted octanol–water partition coefficient (Wildman–Crippen LogP) is 4.04. The standard InChI is InChI=1S/C15H16ClN3OS/c16-13-11(5-9-21-13)19-14(20)18-10-15(6-3-7-15)12-4-1-2-8-17-12/h1-2,4-5,8-9H,3,6-7,10H2,(H2,18,19,20). The fourth-order valence-electron chi connectivity index (χ4n) is 2.60. The molecule has 2 aromatic heterocycles. The Hall–Kier alpha value is -1.59. The molecule has 0 aliphatic heterocycles. The van der Waals surface area contributed by atoms with Crippen molar-refractivity contribution in [2.75, 3.05) is 11.9 Å². The molecule has 0 saturated heterocycles. The summed E-state index contributed by atoms with van der Waals surface area (Å²) in [5.74, 6) is 0. The Balaban J connectivity index is 1.61. The highest BCUT2D eigenvalue weighted by molar-refractivity contribution is 7.15. The number of rotatable bonds is 4. The van der Waals surface area contributed by atoms with Crippen LogP contribution in [0.3, 0.4) is 0 Å². The fraction of sp³-hybridized carbons (Fsp3) is 0.333. The molecule has 0 atom stereocenters. The van der Waals surface area contributed by atoms with Crippen LogP contribution in [0, 0.1) is 0 Å². The number of pyridine rings is 1. The first kappa shape index (κ1) is 14.4. The van der Waals surface area contributed by atoms with Crippen LogP contribution in [0.25, 0.3) is 0 Å². The molecule has 1 fully saturated rings. The summed E-state index contributed by atoms with van der Waals surface area (Å²) >= 11 is 7.37. The van der Waals surface area contributed by atoms with E-state index in [-0.39, 0.29) is 11.4 Å². The molecule has 0 bridgehead atoms. The van der Waals surface area contributed by atoms with Crippen molar-refractivity contribution in [3.05, 3.63) is 45.9 Å². The number of thiophene rings is 1. The van der Waals surface area contributed by atoms with E-state index in [1.165, 1.54) is 17.8 Å². The SMILES string of the molecule is O=C(NCC1(c2ccccn2)CCC1)Nc1ccsc1Cl. The molecule has 3 rings (SSSR count). The van der Waals surface area contributed by atoms with Crippen molar-refractivity contribution < 1.29 is 4.79 Å². The molecule has 2 aromatic rings. The second-order valence-electron chi connectivity index (χ2n) is 5.26. The average Bonchev–Trinajstić information content (AvgIpc) is 2.84. The van der Waals surface area contributed by atoms with Crippen LogP contribution < -0.4 is 10.6 Å². The van der Waals surface area contributed by atoms with Gasteiger partial charge < -0.3 is 10.6 Å². The Morgan fingerprint density at radius 3 is 2.81 bits per heavy atom. The summed E-state index contributed by atoms with van der Waals surface area (Å²) in [7, 11) is 0. The highest BCUT2D eigenvalue weighted by atomic mass is 35.5. The molecule has 6 heteroatoms. The van der Waals surface area contributed by atoms with Gasteiger partial charge in [-0.25, -0.2) is 4.79 Å². The number of carbonyl (C=O) groups is 1. The molecule has 1 saturated carbocycles. The number of hydrogen-bond acceptors (Lipinski definition) is 3. The molecule has 2 amide bonds. The molecule has 21 heavy (non-hydrogen) atoms. The van der Waals surface area contributed by atoms with Crippen molar-refractivity contribution in [2.24, 2.45) is 0 Å². The summed E-state index contributed by atoms with van der Waals surface area (Å²) in [6.45, 7) is 0.595. The van der Waals surface area contributed by atoms with Gasteiger partial charge in [0, 0.05) is 23.9 Å². The van der Waals surface area contributed by atoms with Gasteiger partial charge in [-0.05, 0) is 36.4 Å². The highest BCUT2D eigenvalue weighted by Gasteiger charge is 2.40. The van der Waals surface area contributed by atoms with Gasteiger partial charge in [0.25, 0.3) is 0 Å². The first-order valence-corrected chi connectivity index (χ1v) is 8.15. The van der Waals surface area contributed by atoms with Gasteiger partial charge in [-0.3, -0.25) is 4.98 Å². The second-order valence-corrected chi connectivity index (χ2v) is 6.78.